The Bertz CT molecular complexity index is 1140. The van der Waals surface area contributed by atoms with Gasteiger partial charge in [-0.05, 0) is 62.2 Å². The zero-order valence-corrected chi connectivity index (χ0v) is 18.3. The summed E-state index contributed by atoms with van der Waals surface area (Å²) < 4.78 is 21.9. The van der Waals surface area contributed by atoms with Gasteiger partial charge in [0.25, 0.3) is 0 Å². The molecule has 0 aliphatic carbocycles. The molecule has 0 bridgehead atoms. The summed E-state index contributed by atoms with van der Waals surface area (Å²) in [7, 11) is 0. The fraction of sp³-hybridized carbons (Fsp3) is 0.360. The van der Waals surface area contributed by atoms with Gasteiger partial charge in [0.1, 0.15) is 11.5 Å². The van der Waals surface area contributed by atoms with Gasteiger partial charge in [0.05, 0.1) is 23.7 Å². The summed E-state index contributed by atoms with van der Waals surface area (Å²) >= 11 is 0. The van der Waals surface area contributed by atoms with Crippen LogP contribution in [0, 0.1) is 5.92 Å². The lowest BCUT2D eigenvalue weighted by Crippen LogP contribution is -2.39. The number of fused-ring (bicyclic) bond motifs is 2. The third-order valence-electron chi connectivity index (χ3n) is 6.12. The molecule has 8 heteroatoms. The molecule has 0 saturated carbocycles. The van der Waals surface area contributed by atoms with E-state index >= 15 is 0 Å². The van der Waals surface area contributed by atoms with Crippen LogP contribution >= 0.6 is 0 Å². The molecule has 1 saturated heterocycles. The minimum absolute atomic E-state index is 0.0594. The Morgan fingerprint density at radius 3 is 2.94 bits per heavy atom. The number of esters is 1. The van der Waals surface area contributed by atoms with E-state index in [1.54, 1.807) is 31.2 Å². The maximum atomic E-state index is 13.0. The monoisotopic (exact) mass is 451 g/mol. The largest absolute Gasteiger partial charge is 0.507 e. The number of carbonyl (C=O) groups excluding carboxylic acids is 2. The number of nitrogens with zero attached hydrogens (tertiary/aromatic N) is 1. The van der Waals surface area contributed by atoms with Crippen LogP contribution in [0.25, 0.3) is 6.08 Å². The summed E-state index contributed by atoms with van der Waals surface area (Å²) in [6.07, 6.45) is 3.29. The predicted molar refractivity (Wildman–Crippen MR) is 118 cm³/mol. The highest BCUT2D eigenvalue weighted by molar-refractivity contribution is 6.15. The van der Waals surface area contributed by atoms with Crippen molar-refractivity contribution in [2.24, 2.45) is 5.92 Å². The third-order valence-corrected chi connectivity index (χ3v) is 6.12. The molecule has 0 radical (unpaired) electrons. The maximum absolute atomic E-state index is 13.0. The highest BCUT2D eigenvalue weighted by Gasteiger charge is 2.33. The first-order valence-electron chi connectivity index (χ1n) is 11.1. The lowest BCUT2D eigenvalue weighted by Gasteiger charge is -2.31. The summed E-state index contributed by atoms with van der Waals surface area (Å²) in [5.74, 6) is 1.26. The first-order chi connectivity index (χ1) is 16.0. The van der Waals surface area contributed by atoms with Crippen LogP contribution in [0.4, 0.5) is 0 Å². The molecule has 3 heterocycles. The fourth-order valence-corrected chi connectivity index (χ4v) is 4.48. The first kappa shape index (κ1) is 21.3. The van der Waals surface area contributed by atoms with Gasteiger partial charge in [-0.1, -0.05) is 6.07 Å². The van der Waals surface area contributed by atoms with Crippen LogP contribution in [0.15, 0.2) is 36.1 Å². The number of benzene rings is 2. The number of phenolic OH excluding ortho intramolecular Hbond substituents is 1. The molecule has 0 spiro atoms. The number of ketones is 1. The SMILES string of the molecule is CCOC(=O)C1CCCN(Cc2c(O)ccc3c2O/C(=C\c2ccc4c(c2)OCO4)C3=O)C1. The van der Waals surface area contributed by atoms with E-state index in [1.807, 2.05) is 6.07 Å². The Morgan fingerprint density at radius 1 is 1.24 bits per heavy atom. The number of hydrogen-bond acceptors (Lipinski definition) is 8. The van der Waals surface area contributed by atoms with Gasteiger partial charge in [-0.15, -0.1) is 0 Å². The highest BCUT2D eigenvalue weighted by Crippen LogP contribution is 2.41. The number of hydrogen-bond donors (Lipinski definition) is 1. The molecule has 3 aliphatic heterocycles. The number of rotatable bonds is 5. The van der Waals surface area contributed by atoms with E-state index in [2.05, 4.69) is 4.90 Å². The molecular formula is C25H25NO7. The van der Waals surface area contributed by atoms with Gasteiger partial charge < -0.3 is 24.1 Å². The van der Waals surface area contributed by atoms with Crippen LogP contribution in [0.5, 0.6) is 23.0 Å². The van der Waals surface area contributed by atoms with E-state index in [1.165, 1.54) is 6.07 Å². The molecule has 2 aromatic carbocycles. The van der Waals surface area contributed by atoms with Crippen molar-refractivity contribution in [2.45, 2.75) is 26.3 Å². The van der Waals surface area contributed by atoms with Crippen LogP contribution in [0.3, 0.4) is 0 Å². The van der Waals surface area contributed by atoms with Crippen LogP contribution in [0.2, 0.25) is 0 Å². The quantitative estimate of drug-likeness (QED) is 0.545. The Morgan fingerprint density at radius 2 is 2.09 bits per heavy atom. The molecule has 8 nitrogen and oxygen atoms in total. The van der Waals surface area contributed by atoms with Crippen molar-refractivity contribution in [1.29, 1.82) is 0 Å². The number of likely N-dealkylation sites (tertiary alicyclic amines) is 1. The lowest BCUT2D eigenvalue weighted by molar-refractivity contribution is -0.150. The molecule has 172 valence electrons. The van der Waals surface area contributed by atoms with Crippen LogP contribution in [0.1, 0.15) is 41.3 Å². The first-order valence-corrected chi connectivity index (χ1v) is 11.1. The normalized spacial score (nSPS) is 20.6. The summed E-state index contributed by atoms with van der Waals surface area (Å²) in [6.45, 7) is 4.02. The Hall–Kier alpha value is -3.52. The fourth-order valence-electron chi connectivity index (χ4n) is 4.48. The molecule has 1 unspecified atom stereocenters. The van der Waals surface area contributed by atoms with Gasteiger partial charge in [0, 0.05) is 13.1 Å². The molecular weight excluding hydrogens is 426 g/mol. The number of carbonyl (C=O) groups is 2. The number of phenols is 1. The summed E-state index contributed by atoms with van der Waals surface area (Å²) in [5.41, 5.74) is 1.70. The molecule has 2 aromatic rings. The standard InChI is InChI=1S/C25H25NO7/c1-2-30-25(29)16-4-3-9-26(12-16)13-18-19(27)7-6-17-23(28)22(33-24(17)18)11-15-5-8-20-21(10-15)32-14-31-20/h5-8,10-11,16,27H,2-4,9,12-14H2,1H3/b22-11-. The zero-order chi connectivity index (χ0) is 22.9. The second-order valence-electron chi connectivity index (χ2n) is 8.32. The van der Waals surface area contributed by atoms with Crippen molar-refractivity contribution in [2.75, 3.05) is 26.5 Å². The van der Waals surface area contributed by atoms with Crippen molar-refractivity contribution < 1.29 is 33.6 Å². The van der Waals surface area contributed by atoms with Crippen molar-refractivity contribution in [1.82, 2.24) is 4.90 Å². The lowest BCUT2D eigenvalue weighted by atomic mass is 9.97. The van der Waals surface area contributed by atoms with Gasteiger partial charge in [-0.25, -0.2) is 0 Å². The number of aromatic hydroxyl groups is 1. The average molecular weight is 451 g/mol. The van der Waals surface area contributed by atoms with Crippen molar-refractivity contribution >= 4 is 17.8 Å². The van der Waals surface area contributed by atoms with Crippen LogP contribution in [-0.2, 0) is 16.1 Å². The Labute approximate surface area is 191 Å². The Kier molecular flexibility index (Phi) is 5.68. The molecule has 1 atom stereocenters. The molecule has 33 heavy (non-hydrogen) atoms. The van der Waals surface area contributed by atoms with Crippen molar-refractivity contribution in [3.63, 3.8) is 0 Å². The van der Waals surface area contributed by atoms with E-state index in [4.69, 9.17) is 18.9 Å². The van der Waals surface area contributed by atoms with Gasteiger partial charge >= 0.3 is 5.97 Å². The van der Waals surface area contributed by atoms with Gasteiger partial charge in [-0.2, -0.15) is 0 Å². The number of ether oxygens (including phenoxy) is 4. The van der Waals surface area contributed by atoms with Gasteiger partial charge in [0.2, 0.25) is 12.6 Å². The topological polar surface area (TPSA) is 94.5 Å². The second-order valence-corrected chi connectivity index (χ2v) is 8.32. The van der Waals surface area contributed by atoms with E-state index in [9.17, 15) is 14.7 Å². The summed E-state index contributed by atoms with van der Waals surface area (Å²) in [6, 6.07) is 8.49. The molecule has 5 rings (SSSR count). The minimum atomic E-state index is -0.244. The predicted octanol–water partition coefficient (Wildman–Crippen LogP) is 3.51. The average Bonchev–Trinajstić information content (AvgIpc) is 3.40. The van der Waals surface area contributed by atoms with Crippen LogP contribution < -0.4 is 14.2 Å². The summed E-state index contributed by atoms with van der Waals surface area (Å²) in [5, 5.41) is 10.6. The van der Waals surface area contributed by atoms with Crippen LogP contribution in [-0.4, -0.2) is 48.2 Å². The van der Waals surface area contributed by atoms with E-state index in [0.717, 1.165) is 24.9 Å². The minimum Gasteiger partial charge on any atom is -0.507 e. The summed E-state index contributed by atoms with van der Waals surface area (Å²) in [4.78, 5) is 27.3. The zero-order valence-electron chi connectivity index (χ0n) is 18.3. The number of Topliss-reactive ketones (excluding diaryl/α,β-unsaturated/α-hetero) is 1. The third kappa shape index (κ3) is 4.14. The van der Waals surface area contributed by atoms with E-state index in [0.29, 0.717) is 48.1 Å². The van der Waals surface area contributed by atoms with Gasteiger partial charge in [-0.3, -0.25) is 14.5 Å². The van der Waals surface area contributed by atoms with E-state index in [-0.39, 0.29) is 36.0 Å². The number of allylic oxidation sites excluding steroid dienone is 1. The maximum Gasteiger partial charge on any atom is 0.310 e. The number of piperidine rings is 1. The van der Waals surface area contributed by atoms with Crippen molar-refractivity contribution in [3.8, 4) is 23.0 Å². The van der Waals surface area contributed by atoms with E-state index < -0.39 is 0 Å². The Balaban J connectivity index is 1.38. The van der Waals surface area contributed by atoms with Crippen molar-refractivity contribution in [3.05, 3.63) is 52.8 Å². The molecule has 1 N–H and O–H groups in total. The second kappa shape index (κ2) is 8.78. The smallest absolute Gasteiger partial charge is 0.310 e. The molecule has 1 fully saturated rings. The van der Waals surface area contributed by atoms with Gasteiger partial charge in [0.15, 0.2) is 17.3 Å². The molecule has 0 aromatic heterocycles. The highest BCUT2D eigenvalue weighted by atomic mass is 16.7. The molecule has 0 amide bonds. The molecule has 3 aliphatic rings.